The molecule has 1 aliphatic rings. The van der Waals surface area contributed by atoms with Crippen LogP contribution in [0.5, 0.6) is 5.75 Å². The van der Waals surface area contributed by atoms with Crippen LogP contribution in [0.1, 0.15) is 52.1 Å². The molecule has 3 rings (SSSR count). The Morgan fingerprint density at radius 3 is 2.39 bits per heavy atom. The predicted molar refractivity (Wildman–Crippen MR) is 117 cm³/mol. The Balaban J connectivity index is 1.43. The van der Waals surface area contributed by atoms with E-state index in [-0.39, 0.29) is 23.6 Å². The van der Waals surface area contributed by atoms with Gasteiger partial charge in [-0.3, -0.25) is 19.5 Å². The Labute approximate surface area is 181 Å². The second kappa shape index (κ2) is 10.1. The third-order valence-corrected chi connectivity index (χ3v) is 5.23. The summed E-state index contributed by atoms with van der Waals surface area (Å²) in [6, 6.07) is 11.6. The van der Waals surface area contributed by atoms with Crippen LogP contribution < -0.4 is 15.4 Å². The lowest BCUT2D eigenvalue weighted by Crippen LogP contribution is -2.39. The number of amides is 2. The normalized spacial score (nSPS) is 14.5. The molecule has 0 radical (unpaired) electrons. The number of aliphatic imine (C=N–C) groups is 1. The summed E-state index contributed by atoms with van der Waals surface area (Å²) in [5.41, 5.74) is 1.71. The first-order chi connectivity index (χ1) is 15.0. The van der Waals surface area contributed by atoms with Crippen LogP contribution in [0.4, 0.5) is 4.39 Å². The minimum absolute atomic E-state index is 0.162. The van der Waals surface area contributed by atoms with Crippen LogP contribution in [0.15, 0.2) is 47.5 Å². The summed E-state index contributed by atoms with van der Waals surface area (Å²) in [4.78, 5) is 30.2. The van der Waals surface area contributed by atoms with Crippen molar-refractivity contribution in [1.82, 2.24) is 15.5 Å². The van der Waals surface area contributed by atoms with Crippen LogP contribution in [0.3, 0.4) is 0 Å². The maximum atomic E-state index is 13.9. The SMILES string of the molecule is CN=C(NCCCCN1C(=O)c2ccccc2C1=O)NC(C)c1ccc(OC)c(F)c1. The van der Waals surface area contributed by atoms with Crippen molar-refractivity contribution in [3.8, 4) is 5.75 Å². The summed E-state index contributed by atoms with van der Waals surface area (Å²) in [7, 11) is 3.09. The van der Waals surface area contributed by atoms with Crippen LogP contribution in [0.2, 0.25) is 0 Å². The van der Waals surface area contributed by atoms with Crippen LogP contribution >= 0.6 is 0 Å². The van der Waals surface area contributed by atoms with Gasteiger partial charge in [0.2, 0.25) is 0 Å². The van der Waals surface area contributed by atoms with Crippen LogP contribution in [-0.4, -0.2) is 49.9 Å². The monoisotopic (exact) mass is 426 g/mol. The predicted octanol–water partition coefficient (Wildman–Crippen LogP) is 3.14. The lowest BCUT2D eigenvalue weighted by atomic mass is 10.1. The van der Waals surface area contributed by atoms with Gasteiger partial charge in [-0.15, -0.1) is 0 Å². The molecular formula is C23H27FN4O3. The molecule has 2 aromatic carbocycles. The fourth-order valence-electron chi connectivity index (χ4n) is 3.48. The van der Waals surface area contributed by atoms with Crippen LogP contribution in [-0.2, 0) is 0 Å². The number of nitrogens with zero attached hydrogens (tertiary/aromatic N) is 2. The number of methoxy groups -OCH3 is 1. The zero-order valence-electron chi connectivity index (χ0n) is 17.9. The van der Waals surface area contributed by atoms with Gasteiger partial charge in [0.15, 0.2) is 17.5 Å². The van der Waals surface area contributed by atoms with E-state index in [0.29, 0.717) is 36.6 Å². The summed E-state index contributed by atoms with van der Waals surface area (Å²) in [5.74, 6) is -0.0797. The van der Waals surface area contributed by atoms with E-state index < -0.39 is 5.82 Å². The molecule has 31 heavy (non-hydrogen) atoms. The number of guanidine groups is 1. The third kappa shape index (κ3) is 5.02. The van der Waals surface area contributed by atoms with Gasteiger partial charge < -0.3 is 15.4 Å². The fraction of sp³-hybridized carbons (Fsp3) is 0.348. The summed E-state index contributed by atoms with van der Waals surface area (Å²) < 4.78 is 18.9. The zero-order chi connectivity index (χ0) is 22.4. The first kappa shape index (κ1) is 22.3. The summed E-state index contributed by atoms with van der Waals surface area (Å²) in [6.45, 7) is 2.91. The van der Waals surface area contributed by atoms with E-state index in [1.807, 2.05) is 6.92 Å². The number of carbonyl (C=O) groups is 2. The van der Waals surface area contributed by atoms with Crippen molar-refractivity contribution in [2.75, 3.05) is 27.2 Å². The molecule has 0 saturated heterocycles. The second-order valence-corrected chi connectivity index (χ2v) is 7.27. The Morgan fingerprint density at radius 2 is 1.81 bits per heavy atom. The molecule has 0 saturated carbocycles. The van der Waals surface area contributed by atoms with Gasteiger partial charge in [-0.2, -0.15) is 0 Å². The average molecular weight is 426 g/mol. The number of imide groups is 1. The van der Waals surface area contributed by atoms with Crippen LogP contribution in [0, 0.1) is 5.82 Å². The maximum absolute atomic E-state index is 13.9. The van der Waals surface area contributed by atoms with E-state index in [4.69, 9.17) is 4.74 Å². The molecule has 2 amide bonds. The van der Waals surface area contributed by atoms with Gasteiger partial charge in [0, 0.05) is 20.1 Å². The Kier molecular flexibility index (Phi) is 7.23. The lowest BCUT2D eigenvalue weighted by Gasteiger charge is -2.19. The van der Waals surface area contributed by atoms with E-state index in [0.717, 1.165) is 12.0 Å². The number of hydrogen-bond donors (Lipinski definition) is 2. The van der Waals surface area contributed by atoms with Crippen molar-refractivity contribution in [3.63, 3.8) is 0 Å². The number of rotatable bonds is 8. The number of halogens is 1. The van der Waals surface area contributed by atoms with Gasteiger partial charge in [-0.25, -0.2) is 4.39 Å². The summed E-state index contributed by atoms with van der Waals surface area (Å²) in [5, 5.41) is 6.42. The molecule has 8 heteroatoms. The highest BCUT2D eigenvalue weighted by atomic mass is 19.1. The standard InChI is InChI=1S/C23H27FN4O3/c1-15(16-10-11-20(31-3)19(24)14-16)27-23(25-2)26-12-6-7-13-28-21(29)17-8-4-5-9-18(17)22(28)30/h4-5,8-11,14-15H,6-7,12-13H2,1-3H3,(H2,25,26,27). The molecule has 1 unspecified atom stereocenters. The molecule has 1 heterocycles. The van der Waals surface area contributed by atoms with Gasteiger partial charge in [0.25, 0.3) is 11.8 Å². The number of carbonyl (C=O) groups excluding carboxylic acids is 2. The van der Waals surface area contributed by atoms with Crippen molar-refractivity contribution in [2.24, 2.45) is 4.99 Å². The molecule has 2 aromatic rings. The van der Waals surface area contributed by atoms with Crippen molar-refractivity contribution >= 4 is 17.8 Å². The smallest absolute Gasteiger partial charge is 0.261 e. The summed E-state index contributed by atoms with van der Waals surface area (Å²) in [6.07, 6.45) is 1.42. The Hall–Kier alpha value is -3.42. The maximum Gasteiger partial charge on any atom is 0.261 e. The first-order valence-corrected chi connectivity index (χ1v) is 10.2. The molecule has 0 spiro atoms. The first-order valence-electron chi connectivity index (χ1n) is 10.2. The molecule has 164 valence electrons. The second-order valence-electron chi connectivity index (χ2n) is 7.27. The molecule has 0 bridgehead atoms. The average Bonchev–Trinajstić information content (AvgIpc) is 3.02. The molecule has 1 aliphatic heterocycles. The molecule has 1 atom stereocenters. The van der Waals surface area contributed by atoms with E-state index in [2.05, 4.69) is 15.6 Å². The van der Waals surface area contributed by atoms with Gasteiger partial charge in [-0.05, 0) is 49.6 Å². The molecule has 2 N–H and O–H groups in total. The minimum Gasteiger partial charge on any atom is -0.494 e. The molecule has 0 fully saturated rings. The lowest BCUT2D eigenvalue weighted by molar-refractivity contribution is 0.0652. The van der Waals surface area contributed by atoms with Crippen LogP contribution in [0.25, 0.3) is 0 Å². The number of benzene rings is 2. The minimum atomic E-state index is -0.412. The molecule has 0 aromatic heterocycles. The number of ether oxygens (including phenoxy) is 1. The highest BCUT2D eigenvalue weighted by Gasteiger charge is 2.34. The summed E-state index contributed by atoms with van der Waals surface area (Å²) >= 11 is 0. The number of hydrogen-bond acceptors (Lipinski definition) is 4. The highest BCUT2D eigenvalue weighted by molar-refractivity contribution is 6.21. The number of nitrogens with one attached hydrogen (secondary N) is 2. The number of unbranched alkanes of at least 4 members (excludes halogenated alkanes) is 1. The zero-order valence-corrected chi connectivity index (χ0v) is 17.9. The van der Waals surface area contributed by atoms with Crippen molar-refractivity contribution in [1.29, 1.82) is 0 Å². The van der Waals surface area contributed by atoms with Gasteiger partial charge in [0.1, 0.15) is 0 Å². The number of fused-ring (bicyclic) bond motifs is 1. The van der Waals surface area contributed by atoms with E-state index in [9.17, 15) is 14.0 Å². The van der Waals surface area contributed by atoms with Gasteiger partial charge >= 0.3 is 0 Å². The van der Waals surface area contributed by atoms with E-state index >= 15 is 0 Å². The van der Waals surface area contributed by atoms with Gasteiger partial charge in [0.05, 0.1) is 24.3 Å². The van der Waals surface area contributed by atoms with Crippen molar-refractivity contribution in [3.05, 3.63) is 65.0 Å². The Bertz CT molecular complexity index is 958. The Morgan fingerprint density at radius 1 is 1.13 bits per heavy atom. The molecule has 7 nitrogen and oxygen atoms in total. The topological polar surface area (TPSA) is 83.0 Å². The van der Waals surface area contributed by atoms with Gasteiger partial charge in [-0.1, -0.05) is 18.2 Å². The molecule has 0 aliphatic carbocycles. The van der Waals surface area contributed by atoms with E-state index in [1.54, 1.807) is 43.4 Å². The highest BCUT2D eigenvalue weighted by Crippen LogP contribution is 2.23. The fourth-order valence-corrected chi connectivity index (χ4v) is 3.48. The molecular weight excluding hydrogens is 399 g/mol. The van der Waals surface area contributed by atoms with Crippen molar-refractivity contribution < 1.29 is 18.7 Å². The van der Waals surface area contributed by atoms with Crippen molar-refractivity contribution in [2.45, 2.75) is 25.8 Å². The van der Waals surface area contributed by atoms with E-state index in [1.165, 1.54) is 18.1 Å². The largest absolute Gasteiger partial charge is 0.494 e. The third-order valence-electron chi connectivity index (χ3n) is 5.23. The quantitative estimate of drug-likeness (QED) is 0.293.